The fourth-order valence-electron chi connectivity index (χ4n) is 4.48. The van der Waals surface area contributed by atoms with Gasteiger partial charge < -0.3 is 15.2 Å². The van der Waals surface area contributed by atoms with E-state index < -0.39 is 11.9 Å². The van der Waals surface area contributed by atoms with Gasteiger partial charge in [0.25, 0.3) is 0 Å². The number of esters is 2. The zero-order chi connectivity index (χ0) is 22.2. The van der Waals surface area contributed by atoms with Crippen molar-refractivity contribution in [2.24, 2.45) is 22.7 Å². The van der Waals surface area contributed by atoms with E-state index in [2.05, 4.69) is 5.18 Å². The first-order chi connectivity index (χ1) is 14.9. The van der Waals surface area contributed by atoms with Crippen LogP contribution in [0.25, 0.3) is 0 Å². The quantitative estimate of drug-likeness (QED) is 0.358. The molecule has 2 aliphatic rings. The van der Waals surface area contributed by atoms with Gasteiger partial charge in [0.2, 0.25) is 0 Å². The summed E-state index contributed by atoms with van der Waals surface area (Å²) in [5.74, 6) is -0.753. The highest BCUT2D eigenvalue weighted by Gasteiger charge is 2.24. The van der Waals surface area contributed by atoms with Crippen LogP contribution in [-0.4, -0.2) is 23.9 Å². The largest absolute Gasteiger partial charge is 0.423 e. The maximum absolute atomic E-state index is 12.5. The number of hydrogen-bond donors (Lipinski definition) is 1. The summed E-state index contributed by atoms with van der Waals surface area (Å²) >= 11 is 0. The second-order valence-electron chi connectivity index (χ2n) is 8.68. The molecule has 1 aromatic rings. The number of amides is 1. The zero-order valence-corrected chi connectivity index (χ0v) is 17.7. The van der Waals surface area contributed by atoms with Gasteiger partial charge in [-0.1, -0.05) is 31.7 Å². The van der Waals surface area contributed by atoms with Crippen molar-refractivity contribution in [3.8, 4) is 11.5 Å². The first-order valence-electron chi connectivity index (χ1n) is 11.1. The minimum absolute atomic E-state index is 0.0497. The zero-order valence-electron chi connectivity index (χ0n) is 17.7. The van der Waals surface area contributed by atoms with Crippen molar-refractivity contribution in [3.63, 3.8) is 0 Å². The Balaban J connectivity index is 1.71. The van der Waals surface area contributed by atoms with Crippen LogP contribution in [0, 0.1) is 16.7 Å². The van der Waals surface area contributed by atoms with E-state index >= 15 is 0 Å². The summed E-state index contributed by atoms with van der Waals surface area (Å²) in [6, 6.07) is 3.61. The molecule has 1 amide bonds. The molecule has 31 heavy (non-hydrogen) atoms. The van der Waals surface area contributed by atoms with Gasteiger partial charge in [0.1, 0.15) is 0 Å². The van der Waals surface area contributed by atoms with E-state index in [1.54, 1.807) is 6.07 Å². The summed E-state index contributed by atoms with van der Waals surface area (Å²) in [6.45, 7) is 0. The summed E-state index contributed by atoms with van der Waals surface area (Å²) in [6.07, 6.45) is 9.26. The lowest BCUT2D eigenvalue weighted by Crippen LogP contribution is -2.31. The second kappa shape index (κ2) is 11.1. The molecule has 2 aliphatic carbocycles. The molecule has 2 fully saturated rings. The lowest BCUT2D eigenvalue weighted by Gasteiger charge is -2.15. The van der Waals surface area contributed by atoms with Crippen LogP contribution in [-0.2, 0) is 20.8 Å². The molecule has 0 heterocycles. The molecule has 0 aliphatic heterocycles. The SMILES string of the molecule is N[C@@H](Cc1ccc(OC(=O)CC2CCCC2)c(OC(=O)CC2CCCC2)c1)C(=O)N=O. The van der Waals surface area contributed by atoms with Crippen molar-refractivity contribution in [2.75, 3.05) is 0 Å². The standard InChI is InChI=1S/C23H30N2O6/c24-18(23(28)25-29)11-17-9-10-19(30-21(26)13-15-5-1-2-6-15)20(12-17)31-22(27)14-16-7-3-4-8-16/h9-10,12,15-16,18H,1-8,11,13-14,24H2/t18-/m0/s1. The fourth-order valence-corrected chi connectivity index (χ4v) is 4.48. The van der Waals surface area contributed by atoms with Crippen molar-refractivity contribution in [1.82, 2.24) is 0 Å². The third-order valence-corrected chi connectivity index (χ3v) is 6.18. The summed E-state index contributed by atoms with van der Waals surface area (Å²) in [5.41, 5.74) is 6.27. The van der Waals surface area contributed by atoms with Gasteiger partial charge in [-0.2, -0.15) is 0 Å². The average molecular weight is 431 g/mol. The highest BCUT2D eigenvalue weighted by atomic mass is 16.6. The molecule has 8 nitrogen and oxygen atoms in total. The van der Waals surface area contributed by atoms with Crippen molar-refractivity contribution < 1.29 is 23.9 Å². The first kappa shape index (κ1) is 23.1. The molecular weight excluding hydrogens is 400 g/mol. The highest BCUT2D eigenvalue weighted by molar-refractivity contribution is 5.82. The van der Waals surface area contributed by atoms with Crippen molar-refractivity contribution in [2.45, 2.75) is 76.7 Å². The lowest BCUT2D eigenvalue weighted by atomic mass is 10.0. The Morgan fingerprint density at radius 2 is 1.42 bits per heavy atom. The predicted octanol–water partition coefficient (Wildman–Crippen LogP) is 3.82. The van der Waals surface area contributed by atoms with Crippen LogP contribution < -0.4 is 15.2 Å². The van der Waals surface area contributed by atoms with Gasteiger partial charge in [-0.25, -0.2) is 0 Å². The molecule has 0 aromatic heterocycles. The molecule has 0 radical (unpaired) electrons. The number of nitrogens with two attached hydrogens (primary N) is 1. The van der Waals surface area contributed by atoms with Gasteiger partial charge in [-0.15, -0.1) is 4.91 Å². The van der Waals surface area contributed by atoms with Gasteiger partial charge in [0, 0.05) is 18.0 Å². The Hall–Kier alpha value is -2.61. The molecule has 1 aromatic carbocycles. The number of nitroso groups, excluding NO2 is 1. The van der Waals surface area contributed by atoms with E-state index in [0.29, 0.717) is 30.2 Å². The van der Waals surface area contributed by atoms with E-state index in [4.69, 9.17) is 15.2 Å². The van der Waals surface area contributed by atoms with Gasteiger partial charge >= 0.3 is 17.8 Å². The average Bonchev–Trinajstić information content (AvgIpc) is 3.43. The number of ether oxygens (including phenoxy) is 2. The first-order valence-corrected chi connectivity index (χ1v) is 11.1. The van der Waals surface area contributed by atoms with Crippen LogP contribution in [0.4, 0.5) is 0 Å². The van der Waals surface area contributed by atoms with E-state index in [1.165, 1.54) is 12.1 Å². The monoisotopic (exact) mass is 430 g/mol. The van der Waals surface area contributed by atoms with Gasteiger partial charge in [-0.05, 0) is 61.6 Å². The van der Waals surface area contributed by atoms with Crippen LogP contribution in [0.3, 0.4) is 0 Å². The van der Waals surface area contributed by atoms with E-state index in [0.717, 1.165) is 51.4 Å². The molecule has 0 saturated heterocycles. The van der Waals surface area contributed by atoms with Crippen molar-refractivity contribution in [3.05, 3.63) is 28.7 Å². The fraction of sp³-hybridized carbons (Fsp3) is 0.609. The molecule has 0 bridgehead atoms. The number of rotatable bonds is 9. The number of hydrogen-bond acceptors (Lipinski definition) is 7. The molecule has 0 unspecified atom stereocenters. The normalized spacial score (nSPS) is 18.0. The smallest absolute Gasteiger partial charge is 0.311 e. The predicted molar refractivity (Wildman–Crippen MR) is 113 cm³/mol. The number of benzene rings is 1. The molecule has 8 heteroatoms. The molecule has 3 rings (SSSR count). The van der Waals surface area contributed by atoms with Gasteiger partial charge in [0.05, 0.1) is 6.04 Å². The molecule has 0 spiro atoms. The Morgan fingerprint density at radius 3 is 1.94 bits per heavy atom. The molecular formula is C23H30N2O6. The Morgan fingerprint density at radius 1 is 0.903 bits per heavy atom. The molecule has 2 N–H and O–H groups in total. The third kappa shape index (κ3) is 6.95. The molecule has 168 valence electrons. The van der Waals surface area contributed by atoms with Crippen molar-refractivity contribution in [1.29, 1.82) is 0 Å². The lowest BCUT2D eigenvalue weighted by molar-refractivity contribution is -0.138. The summed E-state index contributed by atoms with van der Waals surface area (Å²) in [4.78, 5) is 46.7. The van der Waals surface area contributed by atoms with E-state index in [1.807, 2.05) is 0 Å². The maximum Gasteiger partial charge on any atom is 0.311 e. The topological polar surface area (TPSA) is 125 Å². The van der Waals surface area contributed by atoms with Gasteiger partial charge in [0.15, 0.2) is 11.5 Å². The molecule has 2 saturated carbocycles. The number of carbonyl (C=O) groups is 3. The third-order valence-electron chi connectivity index (χ3n) is 6.18. The second-order valence-corrected chi connectivity index (χ2v) is 8.68. The molecule has 1 atom stereocenters. The van der Waals surface area contributed by atoms with Crippen LogP contribution in [0.2, 0.25) is 0 Å². The Bertz CT molecular complexity index is 812. The summed E-state index contributed by atoms with van der Waals surface area (Å²) in [7, 11) is 0. The van der Waals surface area contributed by atoms with Crippen LogP contribution in [0.15, 0.2) is 23.4 Å². The number of carbonyl (C=O) groups excluding carboxylic acids is 3. The Kier molecular flexibility index (Phi) is 8.28. The van der Waals surface area contributed by atoms with Crippen LogP contribution >= 0.6 is 0 Å². The van der Waals surface area contributed by atoms with Gasteiger partial charge in [-0.3, -0.25) is 14.4 Å². The summed E-state index contributed by atoms with van der Waals surface area (Å²) in [5, 5.41) is 2.35. The minimum Gasteiger partial charge on any atom is -0.423 e. The van der Waals surface area contributed by atoms with Crippen LogP contribution in [0.5, 0.6) is 11.5 Å². The Labute approximate surface area is 181 Å². The number of nitrogens with zero attached hydrogens (tertiary/aromatic N) is 1. The maximum atomic E-state index is 12.5. The van der Waals surface area contributed by atoms with Crippen molar-refractivity contribution >= 4 is 17.8 Å². The van der Waals surface area contributed by atoms with E-state index in [9.17, 15) is 19.3 Å². The van der Waals surface area contributed by atoms with Crippen LogP contribution in [0.1, 0.15) is 69.8 Å². The highest BCUT2D eigenvalue weighted by Crippen LogP contribution is 2.33. The minimum atomic E-state index is -1.09. The van der Waals surface area contributed by atoms with E-state index in [-0.39, 0.29) is 29.9 Å². The summed E-state index contributed by atoms with van der Waals surface area (Å²) < 4.78 is 11.1.